The molecule has 0 aliphatic heterocycles. The lowest BCUT2D eigenvalue weighted by Crippen LogP contribution is -2.21. The van der Waals surface area contributed by atoms with Crippen LogP contribution in [0.15, 0.2) is 75.9 Å². The minimum absolute atomic E-state index is 0.0206. The Morgan fingerprint density at radius 1 is 1.07 bits per heavy atom. The van der Waals surface area contributed by atoms with Crippen molar-refractivity contribution in [2.75, 3.05) is 11.9 Å². The van der Waals surface area contributed by atoms with E-state index in [0.717, 1.165) is 5.56 Å². The standard InChI is InChI=1S/C21H16FN3O4/c22-15-7-2-4-9-17(15)28-13-19(26)23-16-8-3-1-6-14(16)12-20-24-21(25-29-20)18-10-5-11-27-18/h1-11H,12-13H2,(H,23,26). The van der Waals surface area contributed by atoms with E-state index in [9.17, 15) is 9.18 Å². The summed E-state index contributed by atoms with van der Waals surface area (Å²) in [6.45, 7) is -0.321. The van der Waals surface area contributed by atoms with Gasteiger partial charge in [-0.3, -0.25) is 4.79 Å². The van der Waals surface area contributed by atoms with Crippen molar-refractivity contribution in [3.63, 3.8) is 0 Å². The normalized spacial score (nSPS) is 10.7. The largest absolute Gasteiger partial charge is 0.481 e. The predicted octanol–water partition coefficient (Wildman–Crippen LogP) is 4.08. The van der Waals surface area contributed by atoms with Crippen LogP contribution in [0, 0.1) is 5.82 Å². The van der Waals surface area contributed by atoms with Gasteiger partial charge in [0.15, 0.2) is 23.9 Å². The number of carbonyl (C=O) groups excluding carboxylic acids is 1. The number of nitrogens with one attached hydrogen (secondary N) is 1. The van der Waals surface area contributed by atoms with Crippen molar-refractivity contribution >= 4 is 11.6 Å². The van der Waals surface area contributed by atoms with E-state index in [-0.39, 0.29) is 12.4 Å². The number of benzene rings is 2. The van der Waals surface area contributed by atoms with Gasteiger partial charge in [0.05, 0.1) is 12.7 Å². The van der Waals surface area contributed by atoms with Crippen LogP contribution in [0.4, 0.5) is 10.1 Å². The van der Waals surface area contributed by atoms with E-state index in [1.54, 1.807) is 36.4 Å². The van der Waals surface area contributed by atoms with Crippen molar-refractivity contribution in [2.45, 2.75) is 6.42 Å². The molecule has 2 aromatic carbocycles. The molecule has 4 rings (SSSR count). The van der Waals surface area contributed by atoms with Crippen LogP contribution in [0.3, 0.4) is 0 Å². The molecule has 0 fully saturated rings. The summed E-state index contributed by atoms with van der Waals surface area (Å²) in [5.74, 6) is 0.316. The molecule has 8 heteroatoms. The third-order valence-corrected chi connectivity index (χ3v) is 4.04. The van der Waals surface area contributed by atoms with Gasteiger partial charge in [0, 0.05) is 5.69 Å². The number of para-hydroxylation sites is 2. The zero-order valence-electron chi connectivity index (χ0n) is 15.2. The topological polar surface area (TPSA) is 90.4 Å². The lowest BCUT2D eigenvalue weighted by molar-refractivity contribution is -0.118. The SMILES string of the molecule is O=C(COc1ccccc1F)Nc1ccccc1Cc1nc(-c2ccco2)no1. The van der Waals surface area contributed by atoms with Crippen LogP contribution >= 0.6 is 0 Å². The molecule has 1 N–H and O–H groups in total. The number of anilines is 1. The van der Waals surface area contributed by atoms with Crippen LogP contribution in [-0.2, 0) is 11.2 Å². The number of rotatable bonds is 7. The highest BCUT2D eigenvalue weighted by molar-refractivity contribution is 5.92. The highest BCUT2D eigenvalue weighted by atomic mass is 19.1. The van der Waals surface area contributed by atoms with Gasteiger partial charge in [0.2, 0.25) is 11.7 Å². The Balaban J connectivity index is 1.42. The molecular formula is C21H16FN3O4. The number of nitrogens with zero attached hydrogens (tertiary/aromatic N) is 2. The molecule has 0 radical (unpaired) electrons. The maximum Gasteiger partial charge on any atom is 0.262 e. The number of amides is 1. The average molecular weight is 393 g/mol. The lowest BCUT2D eigenvalue weighted by Gasteiger charge is -2.11. The van der Waals surface area contributed by atoms with Crippen molar-refractivity contribution in [3.05, 3.63) is 84.2 Å². The number of hydrogen-bond donors (Lipinski definition) is 1. The van der Waals surface area contributed by atoms with Crippen LogP contribution in [-0.4, -0.2) is 22.7 Å². The monoisotopic (exact) mass is 393 g/mol. The van der Waals surface area contributed by atoms with Gasteiger partial charge in [-0.1, -0.05) is 35.5 Å². The first-order valence-electron chi connectivity index (χ1n) is 8.80. The number of furan rings is 1. The van der Waals surface area contributed by atoms with E-state index in [2.05, 4.69) is 15.5 Å². The fraction of sp³-hybridized carbons (Fsp3) is 0.0952. The van der Waals surface area contributed by atoms with Crippen molar-refractivity contribution in [3.8, 4) is 17.3 Å². The smallest absolute Gasteiger partial charge is 0.262 e. The summed E-state index contributed by atoms with van der Waals surface area (Å²) in [6.07, 6.45) is 1.85. The molecule has 2 aromatic heterocycles. The van der Waals surface area contributed by atoms with Crippen molar-refractivity contribution in [2.24, 2.45) is 0 Å². The molecule has 4 aromatic rings. The van der Waals surface area contributed by atoms with Gasteiger partial charge >= 0.3 is 0 Å². The Kier molecular flexibility index (Phi) is 5.33. The maximum absolute atomic E-state index is 13.6. The zero-order chi connectivity index (χ0) is 20.1. The Bertz CT molecular complexity index is 1110. The van der Waals surface area contributed by atoms with Gasteiger partial charge in [-0.15, -0.1) is 0 Å². The fourth-order valence-electron chi connectivity index (χ4n) is 2.68. The first kappa shape index (κ1) is 18.4. The van der Waals surface area contributed by atoms with E-state index in [1.807, 2.05) is 12.1 Å². The Hall–Kier alpha value is -3.94. The van der Waals surface area contributed by atoms with E-state index in [1.165, 1.54) is 18.4 Å². The Labute approximate surface area is 165 Å². The van der Waals surface area contributed by atoms with Crippen LogP contribution in [0.25, 0.3) is 11.6 Å². The molecular weight excluding hydrogens is 377 g/mol. The molecule has 29 heavy (non-hydrogen) atoms. The second-order valence-electron chi connectivity index (χ2n) is 6.09. The molecule has 0 bridgehead atoms. The maximum atomic E-state index is 13.6. The third-order valence-electron chi connectivity index (χ3n) is 4.04. The zero-order valence-corrected chi connectivity index (χ0v) is 15.2. The summed E-state index contributed by atoms with van der Waals surface area (Å²) in [7, 11) is 0. The molecule has 0 spiro atoms. The van der Waals surface area contributed by atoms with E-state index in [0.29, 0.717) is 29.6 Å². The quantitative estimate of drug-likeness (QED) is 0.509. The summed E-state index contributed by atoms with van der Waals surface area (Å²) >= 11 is 0. The first-order chi connectivity index (χ1) is 14.2. The molecule has 1 amide bonds. The second-order valence-corrected chi connectivity index (χ2v) is 6.09. The number of hydrogen-bond acceptors (Lipinski definition) is 6. The van der Waals surface area contributed by atoms with Crippen molar-refractivity contribution in [1.29, 1.82) is 0 Å². The molecule has 7 nitrogen and oxygen atoms in total. The highest BCUT2D eigenvalue weighted by Gasteiger charge is 2.14. The molecule has 0 atom stereocenters. The number of ether oxygens (including phenoxy) is 1. The summed E-state index contributed by atoms with van der Waals surface area (Å²) < 4.78 is 29.3. The summed E-state index contributed by atoms with van der Waals surface area (Å²) in [5.41, 5.74) is 1.36. The van der Waals surface area contributed by atoms with E-state index in [4.69, 9.17) is 13.7 Å². The average Bonchev–Trinajstić information content (AvgIpc) is 3.41. The third kappa shape index (κ3) is 4.49. The number of aromatic nitrogens is 2. The summed E-state index contributed by atoms with van der Waals surface area (Å²) in [6, 6.07) is 16.6. The molecule has 0 aliphatic rings. The van der Waals surface area contributed by atoms with Gasteiger partial charge in [-0.05, 0) is 35.9 Å². The van der Waals surface area contributed by atoms with Gasteiger partial charge in [0.25, 0.3) is 5.91 Å². The molecule has 0 aliphatic carbocycles. The Morgan fingerprint density at radius 2 is 1.90 bits per heavy atom. The molecule has 2 heterocycles. The van der Waals surface area contributed by atoms with Crippen LogP contribution in [0.5, 0.6) is 5.75 Å². The second kappa shape index (κ2) is 8.39. The summed E-state index contributed by atoms with van der Waals surface area (Å²) in [5, 5.41) is 6.65. The summed E-state index contributed by atoms with van der Waals surface area (Å²) in [4.78, 5) is 16.5. The minimum Gasteiger partial charge on any atom is -0.481 e. The fourth-order valence-corrected chi connectivity index (χ4v) is 2.68. The number of halogens is 1. The molecule has 0 saturated heterocycles. The first-order valence-corrected chi connectivity index (χ1v) is 8.80. The number of carbonyl (C=O) groups is 1. The van der Waals surface area contributed by atoms with Crippen LogP contribution in [0.1, 0.15) is 11.5 Å². The minimum atomic E-state index is -0.524. The van der Waals surface area contributed by atoms with Gasteiger partial charge in [-0.2, -0.15) is 4.98 Å². The van der Waals surface area contributed by atoms with Gasteiger partial charge < -0.3 is 19.0 Å². The van der Waals surface area contributed by atoms with Gasteiger partial charge in [0.1, 0.15) is 0 Å². The lowest BCUT2D eigenvalue weighted by atomic mass is 10.1. The van der Waals surface area contributed by atoms with Gasteiger partial charge in [-0.25, -0.2) is 4.39 Å². The molecule has 0 saturated carbocycles. The predicted molar refractivity (Wildman–Crippen MR) is 102 cm³/mol. The van der Waals surface area contributed by atoms with E-state index < -0.39 is 11.7 Å². The van der Waals surface area contributed by atoms with Crippen LogP contribution in [0.2, 0.25) is 0 Å². The van der Waals surface area contributed by atoms with Crippen molar-refractivity contribution < 1.29 is 22.9 Å². The molecule has 0 unspecified atom stereocenters. The Morgan fingerprint density at radius 3 is 2.72 bits per heavy atom. The molecule has 146 valence electrons. The van der Waals surface area contributed by atoms with Crippen molar-refractivity contribution in [1.82, 2.24) is 10.1 Å². The van der Waals surface area contributed by atoms with E-state index >= 15 is 0 Å². The van der Waals surface area contributed by atoms with Crippen LogP contribution < -0.4 is 10.1 Å². The highest BCUT2D eigenvalue weighted by Crippen LogP contribution is 2.21.